The van der Waals surface area contributed by atoms with Crippen molar-refractivity contribution in [2.45, 2.75) is 0 Å². The van der Waals surface area contributed by atoms with Crippen LogP contribution in [0.2, 0.25) is 0 Å². The second kappa shape index (κ2) is 7.39. The Kier molecular flexibility index (Phi) is 4.63. The number of thiazole rings is 1. The molecule has 4 aromatic rings. The summed E-state index contributed by atoms with van der Waals surface area (Å²) in [5.41, 5.74) is 3.25. The van der Waals surface area contributed by atoms with Crippen molar-refractivity contribution in [2.24, 2.45) is 0 Å². The van der Waals surface area contributed by atoms with Crippen molar-refractivity contribution in [1.82, 2.24) is 4.98 Å². The van der Waals surface area contributed by atoms with Gasteiger partial charge >= 0.3 is 5.63 Å². The second-order valence-corrected chi connectivity index (χ2v) is 6.64. The van der Waals surface area contributed by atoms with Crippen molar-refractivity contribution in [3.8, 4) is 21.8 Å². The predicted octanol–water partition coefficient (Wildman–Crippen LogP) is 4.68. The fourth-order valence-electron chi connectivity index (χ4n) is 2.57. The molecule has 2 aromatic heterocycles. The number of aromatic nitrogens is 1. The van der Waals surface area contributed by atoms with Gasteiger partial charge in [0.25, 0.3) is 5.91 Å². The highest BCUT2D eigenvalue weighted by Crippen LogP contribution is 2.29. The largest absolute Gasteiger partial charge is 0.430 e. The molecular weight excluding hydrogens is 360 g/mol. The van der Waals surface area contributed by atoms with Crippen LogP contribution in [0.15, 0.2) is 87.6 Å². The van der Waals surface area contributed by atoms with Crippen LogP contribution < -0.4 is 10.9 Å². The van der Waals surface area contributed by atoms with E-state index in [2.05, 4.69) is 5.32 Å². The Hall–Kier alpha value is -3.51. The van der Waals surface area contributed by atoms with Crippen molar-refractivity contribution < 1.29 is 9.21 Å². The number of nitrogens with zero attached hydrogens (tertiary/aromatic N) is 1. The van der Waals surface area contributed by atoms with E-state index in [1.807, 2.05) is 53.9 Å². The first-order chi connectivity index (χ1) is 13.2. The molecule has 27 heavy (non-hydrogen) atoms. The average Bonchev–Trinajstić information content (AvgIpc) is 3.20. The predicted molar refractivity (Wildman–Crippen MR) is 106 cm³/mol. The molecule has 0 fully saturated rings. The van der Waals surface area contributed by atoms with Gasteiger partial charge in [0.1, 0.15) is 11.3 Å². The lowest BCUT2D eigenvalue weighted by molar-refractivity contribution is 0.102. The summed E-state index contributed by atoms with van der Waals surface area (Å²) in [6, 6.07) is 20.1. The lowest BCUT2D eigenvalue weighted by atomic mass is 10.1. The van der Waals surface area contributed by atoms with Gasteiger partial charge in [-0.25, -0.2) is 9.78 Å². The molecule has 0 saturated carbocycles. The summed E-state index contributed by atoms with van der Waals surface area (Å²) in [5.74, 6) is -0.348. The van der Waals surface area contributed by atoms with Crippen LogP contribution in [0.4, 0.5) is 5.69 Å². The molecule has 132 valence electrons. The molecule has 5 nitrogen and oxygen atoms in total. The molecule has 0 spiro atoms. The van der Waals surface area contributed by atoms with E-state index in [0.717, 1.165) is 28.1 Å². The quantitative estimate of drug-likeness (QED) is 0.563. The molecule has 0 bridgehead atoms. The van der Waals surface area contributed by atoms with E-state index in [-0.39, 0.29) is 11.5 Å². The third-order valence-electron chi connectivity index (χ3n) is 3.90. The number of hydrogen-bond donors (Lipinski definition) is 1. The molecule has 0 aliphatic rings. The number of rotatable bonds is 4. The Labute approximate surface area is 159 Å². The Balaban J connectivity index is 1.56. The maximum Gasteiger partial charge on any atom is 0.335 e. The molecule has 0 atom stereocenters. The summed E-state index contributed by atoms with van der Waals surface area (Å²) in [6.45, 7) is 0. The van der Waals surface area contributed by atoms with Gasteiger partial charge in [0.2, 0.25) is 0 Å². The van der Waals surface area contributed by atoms with Gasteiger partial charge in [-0.15, -0.1) is 11.3 Å². The second-order valence-electron chi connectivity index (χ2n) is 5.78. The molecule has 0 saturated heterocycles. The molecule has 0 aliphatic carbocycles. The fraction of sp³-hybridized carbons (Fsp3) is 0. The highest BCUT2D eigenvalue weighted by molar-refractivity contribution is 7.13. The lowest BCUT2D eigenvalue weighted by Gasteiger charge is -2.06. The molecule has 1 N–H and O–H groups in total. The van der Waals surface area contributed by atoms with E-state index >= 15 is 0 Å². The van der Waals surface area contributed by atoms with Crippen LogP contribution in [-0.2, 0) is 0 Å². The van der Waals surface area contributed by atoms with E-state index in [0.29, 0.717) is 5.69 Å². The number of carbonyl (C=O) groups excluding carboxylic acids is 1. The molecule has 0 radical (unpaired) electrons. The van der Waals surface area contributed by atoms with Gasteiger partial charge < -0.3 is 9.73 Å². The summed E-state index contributed by atoms with van der Waals surface area (Å²) in [5, 5.41) is 5.74. The summed E-state index contributed by atoms with van der Waals surface area (Å²) < 4.78 is 4.73. The van der Waals surface area contributed by atoms with Crippen LogP contribution in [0, 0.1) is 0 Å². The summed E-state index contributed by atoms with van der Waals surface area (Å²) in [4.78, 5) is 28.0. The summed E-state index contributed by atoms with van der Waals surface area (Å²) >= 11 is 1.57. The average molecular weight is 374 g/mol. The molecule has 2 aromatic carbocycles. The maximum absolute atomic E-state index is 12.3. The first-order valence-electron chi connectivity index (χ1n) is 8.21. The third-order valence-corrected chi connectivity index (χ3v) is 4.80. The fourth-order valence-corrected chi connectivity index (χ4v) is 3.40. The van der Waals surface area contributed by atoms with Crippen LogP contribution in [-0.4, -0.2) is 10.9 Å². The minimum atomic E-state index is -0.494. The van der Waals surface area contributed by atoms with Crippen molar-refractivity contribution >= 4 is 22.9 Å². The van der Waals surface area contributed by atoms with Gasteiger partial charge in [-0.05, 0) is 18.2 Å². The van der Waals surface area contributed by atoms with Crippen LogP contribution in [0.25, 0.3) is 21.8 Å². The SMILES string of the molecule is O=C(Nc1cccc(-c2csc(-c3ccccc3)n2)c1)c1ccc(=O)oc1. The zero-order valence-corrected chi connectivity index (χ0v) is 14.9. The van der Waals surface area contributed by atoms with Crippen LogP contribution >= 0.6 is 11.3 Å². The zero-order chi connectivity index (χ0) is 18.6. The standard InChI is InChI=1S/C21H14N2O3S/c24-19-10-9-16(12-26-19)20(25)22-17-8-4-7-15(11-17)18-13-27-21(23-18)14-5-2-1-3-6-14/h1-13H,(H,22,25). The molecule has 4 rings (SSSR count). The lowest BCUT2D eigenvalue weighted by Crippen LogP contribution is -2.12. The van der Waals surface area contributed by atoms with E-state index in [9.17, 15) is 9.59 Å². The minimum absolute atomic E-state index is 0.278. The molecule has 0 aliphatic heterocycles. The van der Waals surface area contributed by atoms with Gasteiger partial charge in [0, 0.05) is 28.3 Å². The first kappa shape index (κ1) is 16.9. The monoisotopic (exact) mass is 374 g/mol. The van der Waals surface area contributed by atoms with Crippen LogP contribution in [0.3, 0.4) is 0 Å². The maximum atomic E-state index is 12.3. The summed E-state index contributed by atoms with van der Waals surface area (Å²) in [6.07, 6.45) is 1.15. The van der Waals surface area contributed by atoms with Crippen LogP contribution in [0.1, 0.15) is 10.4 Å². The Morgan fingerprint density at radius 1 is 0.963 bits per heavy atom. The van der Waals surface area contributed by atoms with E-state index in [1.165, 1.54) is 12.1 Å². The van der Waals surface area contributed by atoms with Crippen molar-refractivity contribution in [3.63, 3.8) is 0 Å². The zero-order valence-electron chi connectivity index (χ0n) is 14.1. The third kappa shape index (κ3) is 3.86. The van der Waals surface area contributed by atoms with Crippen molar-refractivity contribution in [1.29, 1.82) is 0 Å². The highest BCUT2D eigenvalue weighted by atomic mass is 32.1. The van der Waals surface area contributed by atoms with Crippen LogP contribution in [0.5, 0.6) is 0 Å². The smallest absolute Gasteiger partial charge is 0.335 e. The molecular formula is C21H14N2O3S. The molecule has 1 amide bonds. The Bertz CT molecular complexity index is 1130. The number of amides is 1. The minimum Gasteiger partial charge on any atom is -0.430 e. The highest BCUT2D eigenvalue weighted by Gasteiger charge is 2.10. The van der Waals surface area contributed by atoms with Gasteiger partial charge in [-0.1, -0.05) is 42.5 Å². The van der Waals surface area contributed by atoms with Crippen molar-refractivity contribution in [3.05, 3.63) is 94.4 Å². The first-order valence-corrected chi connectivity index (χ1v) is 9.08. The van der Waals surface area contributed by atoms with E-state index in [1.54, 1.807) is 17.4 Å². The number of hydrogen-bond acceptors (Lipinski definition) is 5. The summed E-state index contributed by atoms with van der Waals surface area (Å²) in [7, 11) is 0. The normalized spacial score (nSPS) is 10.5. The molecule has 0 unspecified atom stereocenters. The Morgan fingerprint density at radius 3 is 2.56 bits per heavy atom. The molecule has 2 heterocycles. The number of carbonyl (C=O) groups is 1. The topological polar surface area (TPSA) is 72.2 Å². The van der Waals surface area contributed by atoms with E-state index in [4.69, 9.17) is 9.40 Å². The number of benzene rings is 2. The van der Waals surface area contributed by atoms with E-state index < -0.39 is 5.63 Å². The van der Waals surface area contributed by atoms with Gasteiger partial charge in [-0.3, -0.25) is 4.79 Å². The van der Waals surface area contributed by atoms with Gasteiger partial charge in [-0.2, -0.15) is 0 Å². The molecule has 6 heteroatoms. The van der Waals surface area contributed by atoms with Crippen molar-refractivity contribution in [2.75, 3.05) is 5.32 Å². The van der Waals surface area contributed by atoms with Gasteiger partial charge in [0.15, 0.2) is 0 Å². The number of nitrogens with one attached hydrogen (secondary N) is 1. The number of anilines is 1. The Morgan fingerprint density at radius 2 is 1.78 bits per heavy atom. The van der Waals surface area contributed by atoms with Gasteiger partial charge in [0.05, 0.1) is 11.3 Å².